The Balaban J connectivity index is 1.73. The maximum absolute atomic E-state index is 12.4. The average Bonchev–Trinajstić information content (AvgIpc) is 3.25. The molecular formula is C17H20BrN5O2. The van der Waals surface area contributed by atoms with Gasteiger partial charge < -0.3 is 9.73 Å². The number of rotatable bonds is 5. The molecule has 25 heavy (non-hydrogen) atoms. The number of nitrogens with zero attached hydrogens (tertiary/aromatic N) is 4. The zero-order chi connectivity index (χ0) is 18.1. The molecule has 0 unspecified atom stereocenters. The fourth-order valence-electron chi connectivity index (χ4n) is 2.63. The summed E-state index contributed by atoms with van der Waals surface area (Å²) in [6.07, 6.45) is 1.65. The fraction of sp³-hybridized carbons (Fsp3) is 0.353. The highest BCUT2D eigenvalue weighted by atomic mass is 79.9. The molecule has 1 N–H and O–H groups in total. The third-order valence-corrected chi connectivity index (χ3v) is 5.28. The van der Waals surface area contributed by atoms with Crippen LogP contribution in [0.5, 0.6) is 0 Å². The molecular weight excluding hydrogens is 386 g/mol. The largest absolute Gasteiger partial charge is 0.454 e. The molecule has 8 heteroatoms. The lowest BCUT2D eigenvalue weighted by Gasteiger charge is -2.04. The second-order valence-electron chi connectivity index (χ2n) is 5.82. The van der Waals surface area contributed by atoms with Crippen LogP contribution in [0.2, 0.25) is 0 Å². The van der Waals surface area contributed by atoms with Crippen LogP contribution in [0.3, 0.4) is 0 Å². The van der Waals surface area contributed by atoms with Crippen LogP contribution in [-0.4, -0.2) is 25.5 Å². The van der Waals surface area contributed by atoms with Gasteiger partial charge in [-0.05, 0) is 55.8 Å². The van der Waals surface area contributed by atoms with Gasteiger partial charge in [-0.1, -0.05) is 0 Å². The van der Waals surface area contributed by atoms with Gasteiger partial charge in [0.15, 0.2) is 5.76 Å². The van der Waals surface area contributed by atoms with Crippen LogP contribution in [0.15, 0.2) is 27.2 Å². The van der Waals surface area contributed by atoms with Crippen LogP contribution in [0, 0.1) is 20.8 Å². The number of hydrogen-bond acceptors (Lipinski definition) is 4. The van der Waals surface area contributed by atoms with Crippen LogP contribution < -0.4 is 5.32 Å². The molecule has 0 fully saturated rings. The lowest BCUT2D eigenvalue weighted by molar-refractivity contribution is 0.0994. The number of aromatic nitrogens is 4. The van der Waals surface area contributed by atoms with E-state index in [1.807, 2.05) is 37.1 Å². The summed E-state index contributed by atoms with van der Waals surface area (Å²) in [6.45, 7) is 9.06. The summed E-state index contributed by atoms with van der Waals surface area (Å²) in [4.78, 5) is 12.4. The first-order chi connectivity index (χ1) is 11.9. The Hall–Kier alpha value is -2.35. The summed E-state index contributed by atoms with van der Waals surface area (Å²) in [5, 5.41) is 11.5. The van der Waals surface area contributed by atoms with Gasteiger partial charge in [0.25, 0.3) is 5.91 Å². The number of amides is 1. The highest BCUT2D eigenvalue weighted by Crippen LogP contribution is 2.21. The number of carbonyl (C=O) groups excluding carboxylic acids is 1. The Morgan fingerprint density at radius 1 is 1.24 bits per heavy atom. The van der Waals surface area contributed by atoms with Gasteiger partial charge in [-0.3, -0.25) is 14.2 Å². The predicted octanol–water partition coefficient (Wildman–Crippen LogP) is 3.68. The van der Waals surface area contributed by atoms with Crippen molar-refractivity contribution in [3.8, 4) is 0 Å². The smallest absolute Gasteiger partial charge is 0.291 e. The molecule has 7 nitrogen and oxygen atoms in total. The van der Waals surface area contributed by atoms with Crippen molar-refractivity contribution in [2.24, 2.45) is 0 Å². The van der Waals surface area contributed by atoms with Crippen molar-refractivity contribution in [3.63, 3.8) is 0 Å². The molecule has 3 heterocycles. The molecule has 3 aromatic rings. The van der Waals surface area contributed by atoms with E-state index in [1.165, 1.54) is 0 Å². The topological polar surface area (TPSA) is 77.9 Å². The van der Waals surface area contributed by atoms with Gasteiger partial charge in [0.05, 0.1) is 40.0 Å². The highest BCUT2D eigenvalue weighted by molar-refractivity contribution is 9.10. The molecule has 0 spiro atoms. The first-order valence-electron chi connectivity index (χ1n) is 8.02. The first-order valence-corrected chi connectivity index (χ1v) is 8.82. The molecule has 0 aliphatic heterocycles. The van der Waals surface area contributed by atoms with Gasteiger partial charge in [0, 0.05) is 6.54 Å². The number of carbonyl (C=O) groups is 1. The van der Waals surface area contributed by atoms with Gasteiger partial charge in [-0.15, -0.1) is 0 Å². The van der Waals surface area contributed by atoms with E-state index in [9.17, 15) is 4.79 Å². The van der Waals surface area contributed by atoms with Crippen LogP contribution >= 0.6 is 15.9 Å². The number of aryl methyl sites for hydroxylation is 2. The minimum atomic E-state index is -0.292. The van der Waals surface area contributed by atoms with Gasteiger partial charge in [-0.25, -0.2) is 0 Å². The second-order valence-corrected chi connectivity index (χ2v) is 6.61. The van der Waals surface area contributed by atoms with Gasteiger partial charge in [0.1, 0.15) is 5.76 Å². The number of anilines is 1. The fourth-order valence-corrected chi connectivity index (χ4v) is 2.92. The lowest BCUT2D eigenvalue weighted by atomic mass is 10.3. The highest BCUT2D eigenvalue weighted by Gasteiger charge is 2.16. The van der Waals surface area contributed by atoms with E-state index < -0.39 is 0 Å². The minimum Gasteiger partial charge on any atom is -0.454 e. The van der Waals surface area contributed by atoms with E-state index in [0.717, 1.165) is 28.1 Å². The van der Waals surface area contributed by atoms with E-state index in [1.54, 1.807) is 18.3 Å². The third-order valence-electron chi connectivity index (χ3n) is 4.14. The maximum atomic E-state index is 12.4. The molecule has 0 radical (unpaired) electrons. The molecule has 0 saturated carbocycles. The zero-order valence-electron chi connectivity index (χ0n) is 14.6. The number of hydrogen-bond donors (Lipinski definition) is 1. The van der Waals surface area contributed by atoms with Crippen molar-refractivity contribution in [1.82, 2.24) is 19.6 Å². The summed E-state index contributed by atoms with van der Waals surface area (Å²) >= 11 is 3.51. The number of furan rings is 1. The van der Waals surface area contributed by atoms with Crippen LogP contribution in [-0.2, 0) is 13.1 Å². The molecule has 0 bridgehead atoms. The van der Waals surface area contributed by atoms with E-state index in [0.29, 0.717) is 18.0 Å². The van der Waals surface area contributed by atoms with Crippen molar-refractivity contribution in [3.05, 3.63) is 51.4 Å². The van der Waals surface area contributed by atoms with Crippen LogP contribution in [0.1, 0.15) is 40.3 Å². The molecule has 3 rings (SSSR count). The molecule has 1 amide bonds. The van der Waals surface area contributed by atoms with Gasteiger partial charge in [-0.2, -0.15) is 10.2 Å². The Morgan fingerprint density at radius 2 is 2.00 bits per heavy atom. The first kappa shape index (κ1) is 17.5. The van der Waals surface area contributed by atoms with Crippen LogP contribution in [0.4, 0.5) is 5.69 Å². The summed E-state index contributed by atoms with van der Waals surface area (Å²) < 4.78 is 10.3. The van der Waals surface area contributed by atoms with Crippen molar-refractivity contribution in [1.29, 1.82) is 0 Å². The normalized spacial score (nSPS) is 11.1. The molecule has 0 aliphatic rings. The molecule has 0 aromatic carbocycles. The predicted molar refractivity (Wildman–Crippen MR) is 97.8 cm³/mol. The summed E-state index contributed by atoms with van der Waals surface area (Å²) in [7, 11) is 0. The molecule has 0 aliphatic carbocycles. The Morgan fingerprint density at radius 3 is 2.60 bits per heavy atom. The molecule has 0 atom stereocenters. The van der Waals surface area contributed by atoms with E-state index >= 15 is 0 Å². The Kier molecular flexibility index (Phi) is 4.80. The van der Waals surface area contributed by atoms with E-state index in [4.69, 9.17) is 4.42 Å². The summed E-state index contributed by atoms with van der Waals surface area (Å²) in [5.74, 6) is 0.642. The van der Waals surface area contributed by atoms with Crippen molar-refractivity contribution >= 4 is 27.5 Å². The third kappa shape index (κ3) is 3.39. The Bertz CT molecular complexity index is 922. The molecule has 3 aromatic heterocycles. The zero-order valence-corrected chi connectivity index (χ0v) is 16.2. The quantitative estimate of drug-likeness (QED) is 0.701. The van der Waals surface area contributed by atoms with E-state index in [2.05, 4.69) is 31.4 Å². The van der Waals surface area contributed by atoms with Crippen molar-refractivity contribution < 1.29 is 9.21 Å². The van der Waals surface area contributed by atoms with Crippen LogP contribution in [0.25, 0.3) is 0 Å². The number of halogens is 1. The maximum Gasteiger partial charge on any atom is 0.291 e. The minimum absolute atomic E-state index is 0.263. The van der Waals surface area contributed by atoms with Gasteiger partial charge >= 0.3 is 0 Å². The summed E-state index contributed by atoms with van der Waals surface area (Å²) in [6, 6.07) is 3.46. The number of nitrogens with one attached hydrogen (secondary N) is 1. The van der Waals surface area contributed by atoms with Gasteiger partial charge in [0.2, 0.25) is 0 Å². The van der Waals surface area contributed by atoms with Crippen molar-refractivity contribution in [2.75, 3.05) is 5.32 Å². The average molecular weight is 406 g/mol. The monoisotopic (exact) mass is 405 g/mol. The van der Waals surface area contributed by atoms with E-state index in [-0.39, 0.29) is 11.7 Å². The molecule has 0 saturated heterocycles. The summed E-state index contributed by atoms with van der Waals surface area (Å²) in [5.41, 5.74) is 3.54. The van der Waals surface area contributed by atoms with Crippen molar-refractivity contribution in [2.45, 2.75) is 40.8 Å². The second kappa shape index (κ2) is 6.87. The SMILES string of the molecule is CCn1ncc(NC(=O)c2ccc(Cn3nc(C)c(Br)c3C)o2)c1C. The lowest BCUT2D eigenvalue weighted by Crippen LogP contribution is -2.12. The molecule has 132 valence electrons. The Labute approximate surface area is 154 Å². The standard InChI is InChI=1S/C17H20BrN5O2/c1-5-22-11(3)14(8-19-22)20-17(24)15-7-6-13(25-15)9-23-12(4)16(18)10(2)21-23/h6-8H,5,9H2,1-4H3,(H,20,24).